The second kappa shape index (κ2) is 13.3. The highest BCUT2D eigenvalue weighted by Crippen LogP contribution is 2.21. The lowest BCUT2D eigenvalue weighted by atomic mass is 10.0. The molecule has 33 heavy (non-hydrogen) atoms. The molecule has 0 aromatic heterocycles. The Morgan fingerprint density at radius 3 is 2.39 bits per heavy atom. The molecule has 0 aliphatic rings. The average Bonchev–Trinajstić information content (AvgIpc) is 2.73. The van der Waals surface area contributed by atoms with Gasteiger partial charge < -0.3 is 30.6 Å². The molecule has 4 N–H and O–H groups in total. The predicted molar refractivity (Wildman–Crippen MR) is 122 cm³/mol. The van der Waals surface area contributed by atoms with E-state index in [0.29, 0.717) is 12.1 Å². The number of benzene rings is 1. The highest BCUT2D eigenvalue weighted by Gasteiger charge is 2.25. The van der Waals surface area contributed by atoms with Gasteiger partial charge in [-0.1, -0.05) is 25.8 Å². The lowest BCUT2D eigenvalue weighted by Gasteiger charge is -2.23. The molecule has 1 aromatic carbocycles. The van der Waals surface area contributed by atoms with E-state index in [1.165, 1.54) is 19.2 Å². The molecule has 1 rings (SSSR count). The van der Waals surface area contributed by atoms with Crippen LogP contribution in [0.2, 0.25) is 0 Å². The van der Waals surface area contributed by atoms with Crippen LogP contribution in [-0.4, -0.2) is 55.8 Å². The van der Waals surface area contributed by atoms with Crippen LogP contribution >= 0.6 is 0 Å². The van der Waals surface area contributed by atoms with Gasteiger partial charge in [0.2, 0.25) is 5.91 Å². The Morgan fingerprint density at radius 2 is 1.82 bits per heavy atom. The highest BCUT2D eigenvalue weighted by atomic mass is 16.6. The summed E-state index contributed by atoms with van der Waals surface area (Å²) in [5.74, 6) is -1.64. The summed E-state index contributed by atoms with van der Waals surface area (Å²) < 4.78 is 15.1. The normalized spacial score (nSPS) is 11.8. The summed E-state index contributed by atoms with van der Waals surface area (Å²) in [4.78, 5) is 48.3. The van der Waals surface area contributed by atoms with E-state index in [1.54, 1.807) is 26.8 Å². The van der Waals surface area contributed by atoms with Gasteiger partial charge in [-0.2, -0.15) is 0 Å². The maximum atomic E-state index is 12.8. The molecule has 0 aliphatic carbocycles. The number of primary amides is 1. The van der Waals surface area contributed by atoms with Crippen LogP contribution in [0.5, 0.6) is 5.75 Å². The number of amides is 3. The zero-order valence-corrected chi connectivity index (χ0v) is 20.0. The van der Waals surface area contributed by atoms with E-state index in [0.717, 1.165) is 19.3 Å². The van der Waals surface area contributed by atoms with Crippen molar-refractivity contribution in [2.24, 2.45) is 5.73 Å². The van der Waals surface area contributed by atoms with Crippen molar-refractivity contribution in [3.05, 3.63) is 29.3 Å². The van der Waals surface area contributed by atoms with E-state index in [-0.39, 0.29) is 30.2 Å². The molecule has 0 saturated heterocycles. The summed E-state index contributed by atoms with van der Waals surface area (Å²) >= 11 is 0. The van der Waals surface area contributed by atoms with Crippen molar-refractivity contribution in [1.82, 2.24) is 10.6 Å². The lowest BCUT2D eigenvalue weighted by Crippen LogP contribution is -2.49. The molecule has 0 spiro atoms. The third kappa shape index (κ3) is 10.7. The Labute approximate surface area is 194 Å². The molecule has 0 radical (unpaired) electrons. The summed E-state index contributed by atoms with van der Waals surface area (Å²) in [6, 6.07) is 3.61. The lowest BCUT2D eigenvalue weighted by molar-refractivity contribution is -0.142. The van der Waals surface area contributed by atoms with Gasteiger partial charge in [0.25, 0.3) is 5.91 Å². The van der Waals surface area contributed by atoms with Crippen LogP contribution in [0.3, 0.4) is 0 Å². The van der Waals surface area contributed by atoms with E-state index in [9.17, 15) is 19.2 Å². The van der Waals surface area contributed by atoms with Crippen molar-refractivity contribution in [1.29, 1.82) is 0 Å². The SMILES string of the molecule is CCCCCNC(=O)[C@H](Cc1ccc(OCC(=O)OC)c(C(N)=O)c1)NC(=O)OC(C)(C)C. The van der Waals surface area contributed by atoms with Crippen molar-refractivity contribution in [3.8, 4) is 5.75 Å². The average molecular weight is 466 g/mol. The molecule has 0 unspecified atom stereocenters. The van der Waals surface area contributed by atoms with Gasteiger partial charge in [-0.25, -0.2) is 9.59 Å². The molecule has 0 bridgehead atoms. The fraction of sp³-hybridized carbons (Fsp3) is 0.565. The van der Waals surface area contributed by atoms with Crippen LogP contribution in [-0.2, 0) is 25.5 Å². The van der Waals surface area contributed by atoms with E-state index < -0.39 is 29.6 Å². The number of carbonyl (C=O) groups is 4. The van der Waals surface area contributed by atoms with Gasteiger partial charge >= 0.3 is 12.1 Å². The first-order valence-electron chi connectivity index (χ1n) is 10.9. The summed E-state index contributed by atoms with van der Waals surface area (Å²) in [6.07, 6.45) is 2.15. The molecule has 1 aromatic rings. The molecular formula is C23H35N3O7. The van der Waals surface area contributed by atoms with E-state index in [4.69, 9.17) is 15.2 Å². The second-order valence-electron chi connectivity index (χ2n) is 8.46. The zero-order valence-electron chi connectivity index (χ0n) is 20.0. The van der Waals surface area contributed by atoms with Crippen LogP contribution < -0.4 is 21.1 Å². The van der Waals surface area contributed by atoms with Crippen molar-refractivity contribution in [2.75, 3.05) is 20.3 Å². The second-order valence-corrected chi connectivity index (χ2v) is 8.46. The maximum absolute atomic E-state index is 12.8. The number of esters is 1. The molecule has 0 aliphatic heterocycles. The molecule has 184 valence electrons. The van der Waals surface area contributed by atoms with Crippen LogP contribution in [0.15, 0.2) is 18.2 Å². The molecular weight excluding hydrogens is 430 g/mol. The van der Waals surface area contributed by atoms with Crippen LogP contribution in [0.1, 0.15) is 62.9 Å². The minimum absolute atomic E-state index is 0.0378. The third-order valence-electron chi connectivity index (χ3n) is 4.41. The summed E-state index contributed by atoms with van der Waals surface area (Å²) in [5, 5.41) is 5.41. The quantitative estimate of drug-likeness (QED) is 0.316. The van der Waals surface area contributed by atoms with Crippen LogP contribution in [0, 0.1) is 0 Å². The number of ether oxygens (including phenoxy) is 3. The number of carbonyl (C=O) groups excluding carboxylic acids is 4. The summed E-state index contributed by atoms with van der Waals surface area (Å²) in [7, 11) is 1.22. The maximum Gasteiger partial charge on any atom is 0.408 e. The van der Waals surface area contributed by atoms with Gasteiger partial charge in [-0.3, -0.25) is 9.59 Å². The molecule has 1 atom stereocenters. The fourth-order valence-corrected chi connectivity index (χ4v) is 2.82. The molecule has 10 heteroatoms. The third-order valence-corrected chi connectivity index (χ3v) is 4.41. The van der Waals surface area contributed by atoms with Gasteiger partial charge in [-0.05, 0) is 44.9 Å². The van der Waals surface area contributed by atoms with E-state index in [2.05, 4.69) is 22.3 Å². The monoisotopic (exact) mass is 465 g/mol. The molecule has 3 amide bonds. The number of nitrogens with two attached hydrogens (primary N) is 1. The number of hydrogen-bond acceptors (Lipinski definition) is 7. The number of rotatable bonds is 12. The van der Waals surface area contributed by atoms with Crippen molar-refractivity contribution >= 4 is 23.9 Å². The van der Waals surface area contributed by atoms with E-state index >= 15 is 0 Å². The first-order valence-corrected chi connectivity index (χ1v) is 10.9. The summed E-state index contributed by atoms with van der Waals surface area (Å²) in [5.41, 5.74) is 5.31. The Balaban J connectivity index is 3.04. The summed E-state index contributed by atoms with van der Waals surface area (Å²) in [6.45, 7) is 7.31. The van der Waals surface area contributed by atoms with Gasteiger partial charge in [0.05, 0.1) is 12.7 Å². The molecule has 10 nitrogen and oxygen atoms in total. The van der Waals surface area contributed by atoms with E-state index in [1.807, 2.05) is 0 Å². The number of alkyl carbamates (subject to hydrolysis) is 1. The van der Waals surface area contributed by atoms with Crippen molar-refractivity contribution in [2.45, 2.75) is 65.0 Å². The minimum Gasteiger partial charge on any atom is -0.481 e. The van der Waals surface area contributed by atoms with Crippen LogP contribution in [0.4, 0.5) is 4.79 Å². The number of unbranched alkanes of at least 4 members (excludes halogenated alkanes) is 2. The smallest absolute Gasteiger partial charge is 0.408 e. The Bertz CT molecular complexity index is 834. The topological polar surface area (TPSA) is 146 Å². The first-order chi connectivity index (χ1) is 15.5. The molecule has 0 saturated carbocycles. The van der Waals surface area contributed by atoms with Gasteiger partial charge in [0, 0.05) is 13.0 Å². The largest absolute Gasteiger partial charge is 0.481 e. The number of methoxy groups -OCH3 is 1. The molecule has 0 fully saturated rings. The highest BCUT2D eigenvalue weighted by molar-refractivity contribution is 5.96. The fourth-order valence-electron chi connectivity index (χ4n) is 2.82. The Hall–Kier alpha value is -3.30. The van der Waals surface area contributed by atoms with Gasteiger partial charge in [0.15, 0.2) is 6.61 Å². The van der Waals surface area contributed by atoms with Crippen molar-refractivity contribution in [3.63, 3.8) is 0 Å². The van der Waals surface area contributed by atoms with Crippen molar-refractivity contribution < 1.29 is 33.4 Å². The zero-order chi connectivity index (χ0) is 25.0. The molecule has 0 heterocycles. The van der Waals surface area contributed by atoms with Crippen LogP contribution in [0.25, 0.3) is 0 Å². The first kappa shape index (κ1) is 27.7. The van der Waals surface area contributed by atoms with Gasteiger partial charge in [0.1, 0.15) is 17.4 Å². The Kier molecular flexibility index (Phi) is 11.2. The number of hydrogen-bond donors (Lipinski definition) is 3. The Morgan fingerprint density at radius 1 is 1.12 bits per heavy atom. The standard InChI is InChI=1S/C23H35N3O7/c1-6-7-8-11-25-21(29)17(26-22(30)33-23(2,3)4)13-15-9-10-18(16(12-15)20(24)28)32-14-19(27)31-5/h9-10,12,17H,6-8,11,13-14H2,1-5H3,(H2,24,28)(H,25,29)(H,26,30)/t17-/m0/s1. The minimum atomic E-state index is -0.941. The number of nitrogens with one attached hydrogen (secondary N) is 2. The van der Waals surface area contributed by atoms with Gasteiger partial charge in [-0.15, -0.1) is 0 Å². The predicted octanol–water partition coefficient (Wildman–Crippen LogP) is 2.08.